The number of aliphatic imine (C=N–C) groups is 1. The second-order valence-corrected chi connectivity index (χ2v) is 1.70. The summed E-state index contributed by atoms with van der Waals surface area (Å²) < 4.78 is 9.25. The van der Waals surface area contributed by atoms with E-state index in [4.69, 9.17) is 4.74 Å². The lowest BCUT2D eigenvalue weighted by molar-refractivity contribution is 0.148. The maximum Gasteiger partial charge on any atom is 0.426 e. The molecule has 0 aliphatic carbocycles. The summed E-state index contributed by atoms with van der Waals surface area (Å²) in [5, 5.41) is 0. The molecule has 2 N–H and O–H groups in total. The summed E-state index contributed by atoms with van der Waals surface area (Å²) in [7, 11) is 2.96. The Balaban J connectivity index is 3.59. The molecule has 0 aromatic carbocycles. The number of hydrogen-bond donors (Lipinski definition) is 2. The predicted octanol–water partition coefficient (Wildman–Crippen LogP) is -0.131. The van der Waals surface area contributed by atoms with E-state index in [-0.39, 0.29) is 6.02 Å². The van der Waals surface area contributed by atoms with Crippen molar-refractivity contribution >= 4 is 12.1 Å². The Morgan fingerprint density at radius 3 is 2.58 bits per heavy atom. The largest absolute Gasteiger partial charge is 0.467 e. The van der Waals surface area contributed by atoms with Crippen molar-refractivity contribution in [1.82, 2.24) is 10.9 Å². The summed E-state index contributed by atoms with van der Waals surface area (Å²) in [6.07, 6.45) is -0.573. The lowest BCUT2D eigenvalue weighted by Crippen LogP contribution is -2.42. The highest BCUT2D eigenvalue weighted by atomic mass is 16.6. The van der Waals surface area contributed by atoms with Gasteiger partial charge >= 0.3 is 12.1 Å². The van der Waals surface area contributed by atoms with E-state index >= 15 is 0 Å². The van der Waals surface area contributed by atoms with Crippen molar-refractivity contribution in [1.29, 1.82) is 0 Å². The molecule has 6 nitrogen and oxygen atoms in total. The van der Waals surface area contributed by atoms with Crippen LogP contribution in [-0.4, -0.2) is 32.9 Å². The van der Waals surface area contributed by atoms with Crippen LogP contribution in [0.25, 0.3) is 0 Å². The zero-order valence-electron chi connectivity index (χ0n) is 7.38. The molecule has 1 amide bonds. The first-order chi connectivity index (χ1) is 5.74. The summed E-state index contributed by atoms with van der Waals surface area (Å²) in [5.74, 6) is 0. The van der Waals surface area contributed by atoms with Gasteiger partial charge in [0.2, 0.25) is 0 Å². The standard InChI is InChI=1S/C6H13N3O3/c1-4-12-6(10)9-8-5(7-2)11-3/h4H2,1-3H3,(H,7,8)(H,9,10). The van der Waals surface area contributed by atoms with Crippen molar-refractivity contribution in [3.8, 4) is 0 Å². The van der Waals surface area contributed by atoms with Crippen molar-refractivity contribution < 1.29 is 14.3 Å². The molecule has 0 spiro atoms. The van der Waals surface area contributed by atoms with Gasteiger partial charge in [0.25, 0.3) is 0 Å². The number of hydrazine groups is 1. The highest BCUT2D eigenvalue weighted by Crippen LogP contribution is 1.74. The fraction of sp³-hybridized carbons (Fsp3) is 0.667. The van der Waals surface area contributed by atoms with Gasteiger partial charge in [0.15, 0.2) is 0 Å². The molecular formula is C6H13N3O3. The van der Waals surface area contributed by atoms with E-state index in [0.29, 0.717) is 6.61 Å². The van der Waals surface area contributed by atoms with Crippen LogP contribution in [0.15, 0.2) is 4.99 Å². The van der Waals surface area contributed by atoms with E-state index in [1.807, 2.05) is 0 Å². The third-order valence-corrected chi connectivity index (χ3v) is 0.943. The first kappa shape index (κ1) is 10.5. The van der Waals surface area contributed by atoms with Crippen LogP contribution >= 0.6 is 0 Å². The average molecular weight is 175 g/mol. The van der Waals surface area contributed by atoms with Crippen LogP contribution in [0.2, 0.25) is 0 Å². The molecule has 0 rings (SSSR count). The molecule has 0 radical (unpaired) electrons. The number of nitrogens with zero attached hydrogens (tertiary/aromatic N) is 1. The fourth-order valence-electron chi connectivity index (χ4n) is 0.470. The molecule has 0 heterocycles. The molecule has 6 heteroatoms. The van der Waals surface area contributed by atoms with Crippen molar-refractivity contribution in [2.45, 2.75) is 6.92 Å². The van der Waals surface area contributed by atoms with Gasteiger partial charge in [-0.15, -0.1) is 0 Å². The zero-order chi connectivity index (χ0) is 9.40. The summed E-state index contributed by atoms with van der Waals surface area (Å²) in [6.45, 7) is 2.03. The summed E-state index contributed by atoms with van der Waals surface area (Å²) in [6, 6.07) is 0.211. The third-order valence-electron chi connectivity index (χ3n) is 0.943. The predicted molar refractivity (Wildman–Crippen MR) is 43.7 cm³/mol. The number of hydrogen-bond acceptors (Lipinski definition) is 4. The summed E-state index contributed by atoms with van der Waals surface area (Å²) in [4.78, 5) is 14.3. The van der Waals surface area contributed by atoms with Crippen LogP contribution in [0, 0.1) is 0 Å². The molecule has 0 fully saturated rings. The van der Waals surface area contributed by atoms with Gasteiger partial charge in [-0.25, -0.2) is 20.6 Å². The normalized spacial score (nSPS) is 10.4. The van der Waals surface area contributed by atoms with Gasteiger partial charge < -0.3 is 9.47 Å². The van der Waals surface area contributed by atoms with E-state index in [1.165, 1.54) is 14.2 Å². The first-order valence-electron chi connectivity index (χ1n) is 3.44. The SMILES string of the molecule is CCOC(=O)NNC(=NC)OC. The Kier molecular flexibility index (Phi) is 5.50. The molecular weight excluding hydrogens is 162 g/mol. The Hall–Kier alpha value is -1.46. The number of carbonyl (C=O) groups excluding carboxylic acids is 1. The molecule has 0 aliphatic rings. The number of methoxy groups -OCH3 is 1. The average Bonchev–Trinajstić information content (AvgIpc) is 2.07. The zero-order valence-corrected chi connectivity index (χ0v) is 7.38. The summed E-state index contributed by atoms with van der Waals surface area (Å²) >= 11 is 0. The number of amidine groups is 1. The first-order valence-corrected chi connectivity index (χ1v) is 3.44. The van der Waals surface area contributed by atoms with Gasteiger partial charge in [-0.3, -0.25) is 0 Å². The molecule has 0 saturated heterocycles. The molecule has 12 heavy (non-hydrogen) atoms. The minimum absolute atomic E-state index is 0.211. The lowest BCUT2D eigenvalue weighted by atomic mass is 10.9. The third kappa shape index (κ3) is 4.37. The Bertz CT molecular complexity index is 169. The van der Waals surface area contributed by atoms with Gasteiger partial charge in [0.05, 0.1) is 13.7 Å². The Labute approximate surface area is 70.9 Å². The number of ether oxygens (including phenoxy) is 2. The van der Waals surface area contributed by atoms with Crippen molar-refractivity contribution in [3.63, 3.8) is 0 Å². The Morgan fingerprint density at radius 2 is 2.17 bits per heavy atom. The Morgan fingerprint density at radius 1 is 1.50 bits per heavy atom. The maximum absolute atomic E-state index is 10.7. The number of nitrogens with one attached hydrogen (secondary N) is 2. The highest BCUT2D eigenvalue weighted by molar-refractivity contribution is 5.76. The highest BCUT2D eigenvalue weighted by Gasteiger charge is 2.00. The van der Waals surface area contributed by atoms with Crippen molar-refractivity contribution in [3.05, 3.63) is 0 Å². The van der Waals surface area contributed by atoms with E-state index < -0.39 is 6.09 Å². The molecule has 0 aromatic rings. The van der Waals surface area contributed by atoms with E-state index in [2.05, 4.69) is 20.6 Å². The maximum atomic E-state index is 10.7. The molecule has 0 saturated carbocycles. The molecule has 0 unspecified atom stereocenters. The monoisotopic (exact) mass is 175 g/mol. The number of amides is 1. The van der Waals surface area contributed by atoms with Crippen LogP contribution in [0.1, 0.15) is 6.92 Å². The quantitative estimate of drug-likeness (QED) is 0.331. The molecule has 0 aliphatic heterocycles. The van der Waals surface area contributed by atoms with E-state index in [0.717, 1.165) is 0 Å². The second-order valence-electron chi connectivity index (χ2n) is 1.70. The molecule has 0 bridgehead atoms. The van der Waals surface area contributed by atoms with E-state index in [1.54, 1.807) is 6.92 Å². The van der Waals surface area contributed by atoms with E-state index in [9.17, 15) is 4.79 Å². The van der Waals surface area contributed by atoms with Crippen LogP contribution in [0.5, 0.6) is 0 Å². The van der Waals surface area contributed by atoms with Crippen LogP contribution in [0.4, 0.5) is 4.79 Å². The number of carbonyl (C=O) groups is 1. The van der Waals surface area contributed by atoms with Crippen LogP contribution in [-0.2, 0) is 9.47 Å². The minimum atomic E-state index is -0.573. The van der Waals surface area contributed by atoms with Gasteiger partial charge in [0, 0.05) is 7.05 Å². The minimum Gasteiger partial charge on any atom is -0.467 e. The molecule has 0 aromatic heterocycles. The van der Waals surface area contributed by atoms with Crippen molar-refractivity contribution in [2.24, 2.45) is 4.99 Å². The second kappa shape index (κ2) is 6.26. The molecule has 70 valence electrons. The van der Waals surface area contributed by atoms with Crippen LogP contribution < -0.4 is 10.9 Å². The lowest BCUT2D eigenvalue weighted by Gasteiger charge is -2.08. The van der Waals surface area contributed by atoms with Gasteiger partial charge in [-0.05, 0) is 6.92 Å². The number of rotatable bonds is 1. The van der Waals surface area contributed by atoms with Gasteiger partial charge in [-0.1, -0.05) is 0 Å². The van der Waals surface area contributed by atoms with Crippen molar-refractivity contribution in [2.75, 3.05) is 20.8 Å². The molecule has 0 atom stereocenters. The van der Waals surface area contributed by atoms with Gasteiger partial charge in [-0.2, -0.15) is 0 Å². The smallest absolute Gasteiger partial charge is 0.426 e. The fourth-order valence-corrected chi connectivity index (χ4v) is 0.470. The summed E-state index contributed by atoms with van der Waals surface area (Å²) in [5.41, 5.74) is 4.63. The van der Waals surface area contributed by atoms with Crippen LogP contribution in [0.3, 0.4) is 0 Å². The topological polar surface area (TPSA) is 72.0 Å². The van der Waals surface area contributed by atoms with Gasteiger partial charge in [0.1, 0.15) is 0 Å².